The number of nitrogens with zero attached hydrogens (tertiary/aromatic N) is 1. The maximum absolute atomic E-state index is 8.65. The van der Waals surface area contributed by atoms with E-state index in [1.54, 1.807) is 12.1 Å². The average Bonchev–Trinajstić information content (AvgIpc) is 1.64. The van der Waals surface area contributed by atoms with Crippen LogP contribution in [0.3, 0.4) is 0 Å². The molecule has 1 heterocycles. The van der Waals surface area contributed by atoms with Crippen LogP contribution >= 0.6 is 11.6 Å². The lowest BCUT2D eigenvalue weighted by atomic mass is 10.5. The summed E-state index contributed by atoms with van der Waals surface area (Å²) in [5, 5.41) is 9.17. The van der Waals surface area contributed by atoms with Crippen LogP contribution in [-0.4, -0.2) is 5.21 Å². The van der Waals surface area contributed by atoms with Crippen LogP contribution in [0.4, 0.5) is 0 Å². The molecule has 1 aromatic rings. The van der Waals surface area contributed by atoms with Crippen LogP contribution in [0, 0.1) is 0 Å². The first-order valence-electron chi connectivity index (χ1n) is 2.15. The number of rotatable bonds is 0. The van der Waals surface area contributed by atoms with E-state index >= 15 is 0 Å². The highest BCUT2D eigenvalue weighted by Crippen LogP contribution is 1.99. The van der Waals surface area contributed by atoms with Crippen molar-refractivity contribution in [1.82, 2.24) is 0 Å². The van der Waals surface area contributed by atoms with Gasteiger partial charge in [0.1, 0.15) is 5.02 Å². The van der Waals surface area contributed by atoms with Gasteiger partial charge in [0.2, 0.25) is 12.4 Å². The van der Waals surface area contributed by atoms with Gasteiger partial charge in [-0.05, 0) is 6.07 Å². The molecule has 8 heavy (non-hydrogen) atoms. The lowest BCUT2D eigenvalue weighted by Crippen LogP contribution is -2.27. The summed E-state index contributed by atoms with van der Waals surface area (Å²) < 4.78 is 0.905. The van der Waals surface area contributed by atoms with Crippen LogP contribution in [-0.2, 0) is 0 Å². The molecule has 3 heteroatoms. The van der Waals surface area contributed by atoms with Crippen molar-refractivity contribution in [1.29, 1.82) is 0 Å². The van der Waals surface area contributed by atoms with Crippen molar-refractivity contribution < 1.29 is 9.94 Å². The molecule has 0 aromatic carbocycles. The van der Waals surface area contributed by atoms with Crippen molar-refractivity contribution in [3.8, 4) is 0 Å². The van der Waals surface area contributed by atoms with E-state index in [0.717, 1.165) is 4.73 Å². The highest BCUT2D eigenvalue weighted by molar-refractivity contribution is 6.30. The summed E-state index contributed by atoms with van der Waals surface area (Å²) in [6.07, 6.45) is 2.90. The fraction of sp³-hybridized carbons (Fsp3) is 0. The van der Waals surface area contributed by atoms with Crippen LogP contribution in [0.1, 0.15) is 0 Å². The molecule has 0 radical (unpaired) electrons. The molecule has 42 valence electrons. The zero-order valence-electron chi connectivity index (χ0n) is 4.08. The van der Waals surface area contributed by atoms with E-state index in [2.05, 4.69) is 0 Å². The Kier molecular flexibility index (Phi) is 1.35. The minimum Gasteiger partial charge on any atom is -0.285 e. The number of hydrogen-bond acceptors (Lipinski definition) is 1. The van der Waals surface area contributed by atoms with Gasteiger partial charge >= 0.3 is 0 Å². The predicted octanol–water partition coefficient (Wildman–Crippen LogP) is 0.865. The summed E-state index contributed by atoms with van der Waals surface area (Å²) in [6.45, 7) is 0. The molecule has 2 nitrogen and oxygen atoms in total. The monoisotopic (exact) mass is 130 g/mol. The van der Waals surface area contributed by atoms with Crippen molar-refractivity contribution in [3.05, 3.63) is 29.5 Å². The van der Waals surface area contributed by atoms with Gasteiger partial charge in [-0.2, -0.15) is 0 Å². The van der Waals surface area contributed by atoms with Crippen LogP contribution in [0.2, 0.25) is 5.02 Å². The van der Waals surface area contributed by atoms with E-state index in [1.165, 1.54) is 12.4 Å². The Balaban J connectivity index is 3.08. The molecule has 0 aliphatic heterocycles. The van der Waals surface area contributed by atoms with Crippen LogP contribution in [0.25, 0.3) is 0 Å². The van der Waals surface area contributed by atoms with Gasteiger partial charge in [-0.3, -0.25) is 5.21 Å². The van der Waals surface area contributed by atoms with Crippen LogP contribution in [0.15, 0.2) is 24.5 Å². The van der Waals surface area contributed by atoms with Gasteiger partial charge < -0.3 is 0 Å². The molecule has 0 amide bonds. The second-order valence-corrected chi connectivity index (χ2v) is 1.84. The number of aromatic nitrogens is 1. The standard InChI is InChI=1S/C5H5ClNO/c6-5-2-1-3-7(8)4-5/h1-4,8H/q+1. The summed E-state index contributed by atoms with van der Waals surface area (Å²) in [7, 11) is 0. The molecule has 0 fully saturated rings. The first-order valence-corrected chi connectivity index (χ1v) is 2.53. The van der Waals surface area contributed by atoms with Gasteiger partial charge in [-0.1, -0.05) is 11.6 Å². The molecule has 0 spiro atoms. The average molecular weight is 131 g/mol. The van der Waals surface area contributed by atoms with Gasteiger partial charge in [0.05, 0.1) is 0 Å². The Morgan fingerprint density at radius 3 is 2.75 bits per heavy atom. The van der Waals surface area contributed by atoms with Crippen LogP contribution in [0.5, 0.6) is 0 Å². The van der Waals surface area contributed by atoms with Gasteiger partial charge in [-0.15, -0.1) is 0 Å². The molecule has 0 atom stereocenters. The SMILES string of the molecule is O[n+]1cccc(Cl)c1. The van der Waals surface area contributed by atoms with E-state index in [9.17, 15) is 0 Å². The highest BCUT2D eigenvalue weighted by atomic mass is 35.5. The minimum atomic E-state index is 0.523. The lowest BCUT2D eigenvalue weighted by Gasteiger charge is -1.80. The first kappa shape index (κ1) is 5.38. The summed E-state index contributed by atoms with van der Waals surface area (Å²) >= 11 is 5.46. The lowest BCUT2D eigenvalue weighted by molar-refractivity contribution is -0.904. The molecule has 1 N–H and O–H groups in total. The van der Waals surface area contributed by atoms with Gasteiger partial charge in [0.25, 0.3) is 0 Å². The normalized spacial score (nSPS) is 9.12. The quantitative estimate of drug-likeness (QED) is 0.409. The molecule has 0 unspecified atom stereocenters. The van der Waals surface area contributed by atoms with Gasteiger partial charge in [0.15, 0.2) is 0 Å². The maximum atomic E-state index is 8.65. The molecule has 1 aromatic heterocycles. The second kappa shape index (κ2) is 2.01. The van der Waals surface area contributed by atoms with E-state index < -0.39 is 0 Å². The Labute approximate surface area is 51.9 Å². The third kappa shape index (κ3) is 1.10. The Bertz CT molecular complexity index is 172. The van der Waals surface area contributed by atoms with Gasteiger partial charge in [-0.25, -0.2) is 0 Å². The molecule has 0 aliphatic rings. The Morgan fingerprint density at radius 2 is 2.38 bits per heavy atom. The molecule has 0 saturated heterocycles. The van der Waals surface area contributed by atoms with Gasteiger partial charge in [0, 0.05) is 10.8 Å². The predicted molar refractivity (Wildman–Crippen MR) is 28.8 cm³/mol. The van der Waals surface area contributed by atoms with Crippen molar-refractivity contribution >= 4 is 11.6 Å². The maximum Gasteiger partial charge on any atom is 0.240 e. The second-order valence-electron chi connectivity index (χ2n) is 1.40. The number of halogens is 1. The molecule has 0 saturated carbocycles. The Hall–Kier alpha value is -0.760. The zero-order valence-corrected chi connectivity index (χ0v) is 4.84. The summed E-state index contributed by atoms with van der Waals surface area (Å²) in [5.74, 6) is 0. The fourth-order valence-electron chi connectivity index (χ4n) is 0.436. The van der Waals surface area contributed by atoms with Crippen molar-refractivity contribution in [3.63, 3.8) is 0 Å². The third-order valence-corrected chi connectivity index (χ3v) is 0.973. The van der Waals surface area contributed by atoms with Crippen molar-refractivity contribution in [2.75, 3.05) is 0 Å². The summed E-state index contributed by atoms with van der Waals surface area (Å²) in [4.78, 5) is 0. The minimum absolute atomic E-state index is 0.523. The Morgan fingerprint density at radius 1 is 1.62 bits per heavy atom. The van der Waals surface area contributed by atoms with E-state index in [0.29, 0.717) is 5.02 Å². The summed E-state index contributed by atoms with van der Waals surface area (Å²) in [5.41, 5.74) is 0. The number of pyridine rings is 1. The van der Waals surface area contributed by atoms with E-state index in [1.807, 2.05) is 0 Å². The van der Waals surface area contributed by atoms with E-state index in [-0.39, 0.29) is 0 Å². The molecular formula is C5H5ClNO+. The van der Waals surface area contributed by atoms with Crippen molar-refractivity contribution in [2.24, 2.45) is 0 Å². The van der Waals surface area contributed by atoms with Crippen molar-refractivity contribution in [2.45, 2.75) is 0 Å². The largest absolute Gasteiger partial charge is 0.285 e. The van der Waals surface area contributed by atoms with E-state index in [4.69, 9.17) is 16.8 Å². The summed E-state index contributed by atoms with van der Waals surface area (Å²) in [6, 6.07) is 3.34. The van der Waals surface area contributed by atoms with Crippen LogP contribution < -0.4 is 4.73 Å². The molecule has 0 bridgehead atoms. The smallest absolute Gasteiger partial charge is 0.240 e. The zero-order chi connectivity index (χ0) is 5.98. The molecule has 1 rings (SSSR count). The molecular weight excluding hydrogens is 126 g/mol. The number of hydrogen-bond donors (Lipinski definition) is 1. The highest BCUT2D eigenvalue weighted by Gasteiger charge is 1.93. The first-order chi connectivity index (χ1) is 3.79. The third-order valence-electron chi connectivity index (χ3n) is 0.750. The topological polar surface area (TPSA) is 24.1 Å². The molecule has 0 aliphatic carbocycles. The fourth-order valence-corrected chi connectivity index (χ4v) is 0.608.